The Kier molecular flexibility index (Phi) is 7.78. The van der Waals surface area contributed by atoms with Gasteiger partial charge >= 0.3 is 0 Å². The number of likely N-dealkylation sites (tertiary alicyclic amines) is 1. The van der Waals surface area contributed by atoms with Crippen LogP contribution in [-0.4, -0.2) is 43.1 Å². The van der Waals surface area contributed by atoms with Crippen molar-refractivity contribution in [2.45, 2.75) is 58.9 Å². The maximum Gasteiger partial charge on any atom is 0.225 e. The highest BCUT2D eigenvalue weighted by atomic mass is 35.5. The molecule has 0 radical (unpaired) electrons. The van der Waals surface area contributed by atoms with Gasteiger partial charge in [0, 0.05) is 19.1 Å². The standard InChI is InChI=1S/C21H32N2O2.ClH/c1-15-12-16(2)17(3)20(13-15)25-11-8-21(24)23-9-6-19(7-10-23)22-14-18-4-5-18;/h12-13,18-19,22H,4-11,14H2,1-3H3;1H. The van der Waals surface area contributed by atoms with Gasteiger partial charge in [-0.15, -0.1) is 12.4 Å². The first-order chi connectivity index (χ1) is 12.0. The molecule has 146 valence electrons. The number of amides is 1. The van der Waals surface area contributed by atoms with Gasteiger partial charge in [-0.25, -0.2) is 0 Å². The van der Waals surface area contributed by atoms with E-state index in [0.29, 0.717) is 19.1 Å². The molecule has 1 heterocycles. The van der Waals surface area contributed by atoms with Crippen molar-refractivity contribution in [3.05, 3.63) is 28.8 Å². The number of benzene rings is 1. The zero-order chi connectivity index (χ0) is 17.8. The Morgan fingerprint density at radius 2 is 1.85 bits per heavy atom. The minimum absolute atomic E-state index is 0. The molecule has 1 aromatic rings. The minimum atomic E-state index is 0. The van der Waals surface area contributed by atoms with Crippen molar-refractivity contribution < 1.29 is 9.53 Å². The Bertz CT molecular complexity index is 608. The van der Waals surface area contributed by atoms with Crippen molar-refractivity contribution in [1.29, 1.82) is 0 Å². The lowest BCUT2D eigenvalue weighted by atomic mass is 10.0. The van der Waals surface area contributed by atoms with Gasteiger partial charge in [0.1, 0.15) is 5.75 Å². The van der Waals surface area contributed by atoms with Crippen LogP contribution in [0.15, 0.2) is 12.1 Å². The van der Waals surface area contributed by atoms with Crippen molar-refractivity contribution in [3.8, 4) is 5.75 Å². The monoisotopic (exact) mass is 380 g/mol. The number of piperidine rings is 1. The number of carbonyl (C=O) groups is 1. The van der Waals surface area contributed by atoms with E-state index in [0.717, 1.165) is 37.6 Å². The summed E-state index contributed by atoms with van der Waals surface area (Å²) in [7, 11) is 0. The third-order valence-electron chi connectivity index (χ3n) is 5.58. The van der Waals surface area contributed by atoms with E-state index in [4.69, 9.17) is 4.74 Å². The Labute approximate surface area is 164 Å². The topological polar surface area (TPSA) is 41.6 Å². The van der Waals surface area contributed by atoms with E-state index in [-0.39, 0.29) is 18.3 Å². The van der Waals surface area contributed by atoms with Crippen molar-refractivity contribution in [2.24, 2.45) is 5.92 Å². The number of carbonyl (C=O) groups excluding carboxylic acids is 1. The van der Waals surface area contributed by atoms with E-state index in [1.54, 1.807) is 0 Å². The normalized spacial score (nSPS) is 17.7. The summed E-state index contributed by atoms with van der Waals surface area (Å²) in [5.41, 5.74) is 3.60. The summed E-state index contributed by atoms with van der Waals surface area (Å²) >= 11 is 0. The molecule has 4 nitrogen and oxygen atoms in total. The summed E-state index contributed by atoms with van der Waals surface area (Å²) in [5.74, 6) is 2.06. The zero-order valence-electron chi connectivity index (χ0n) is 16.3. The molecular weight excluding hydrogens is 348 g/mol. The van der Waals surface area contributed by atoms with Gasteiger partial charge in [-0.3, -0.25) is 4.79 Å². The molecule has 0 bridgehead atoms. The molecule has 2 aliphatic rings. The second-order valence-corrected chi connectivity index (χ2v) is 7.81. The van der Waals surface area contributed by atoms with Gasteiger partial charge in [0.25, 0.3) is 0 Å². The summed E-state index contributed by atoms with van der Waals surface area (Å²) < 4.78 is 5.89. The van der Waals surface area contributed by atoms with Gasteiger partial charge in [-0.2, -0.15) is 0 Å². The fourth-order valence-corrected chi connectivity index (χ4v) is 3.55. The molecule has 1 aromatic carbocycles. The number of nitrogens with zero attached hydrogens (tertiary/aromatic N) is 1. The number of hydrogen-bond acceptors (Lipinski definition) is 3. The number of hydrogen-bond donors (Lipinski definition) is 1. The van der Waals surface area contributed by atoms with E-state index < -0.39 is 0 Å². The van der Waals surface area contributed by atoms with E-state index in [9.17, 15) is 4.79 Å². The van der Waals surface area contributed by atoms with Crippen molar-refractivity contribution in [1.82, 2.24) is 10.2 Å². The zero-order valence-corrected chi connectivity index (χ0v) is 17.2. The van der Waals surface area contributed by atoms with Crippen LogP contribution in [-0.2, 0) is 4.79 Å². The predicted molar refractivity (Wildman–Crippen MR) is 108 cm³/mol. The van der Waals surface area contributed by atoms with E-state index in [2.05, 4.69) is 38.2 Å². The highest BCUT2D eigenvalue weighted by molar-refractivity contribution is 5.85. The lowest BCUT2D eigenvalue weighted by Crippen LogP contribution is -2.45. The van der Waals surface area contributed by atoms with Gasteiger partial charge in [0.05, 0.1) is 13.0 Å². The Morgan fingerprint density at radius 1 is 1.15 bits per heavy atom. The van der Waals surface area contributed by atoms with Gasteiger partial charge in [0.2, 0.25) is 5.91 Å². The summed E-state index contributed by atoms with van der Waals surface area (Å²) in [6.45, 7) is 9.64. The maximum atomic E-state index is 12.4. The maximum absolute atomic E-state index is 12.4. The number of nitrogens with one attached hydrogen (secondary N) is 1. The first-order valence-electron chi connectivity index (χ1n) is 9.74. The largest absolute Gasteiger partial charge is 0.493 e. The molecule has 26 heavy (non-hydrogen) atoms. The summed E-state index contributed by atoms with van der Waals surface area (Å²) in [5, 5.41) is 3.66. The molecule has 3 rings (SSSR count). The average Bonchev–Trinajstić information content (AvgIpc) is 3.42. The molecule has 0 aromatic heterocycles. The van der Waals surface area contributed by atoms with Gasteiger partial charge < -0.3 is 15.0 Å². The van der Waals surface area contributed by atoms with Crippen LogP contribution in [0.4, 0.5) is 0 Å². The summed E-state index contributed by atoms with van der Waals surface area (Å²) in [6, 6.07) is 4.82. The van der Waals surface area contributed by atoms with Gasteiger partial charge in [-0.1, -0.05) is 6.07 Å². The molecule has 0 atom stereocenters. The van der Waals surface area contributed by atoms with Gasteiger partial charge in [0.15, 0.2) is 0 Å². The lowest BCUT2D eigenvalue weighted by Gasteiger charge is -2.32. The molecule has 0 spiro atoms. The van der Waals surface area contributed by atoms with Crippen molar-refractivity contribution >= 4 is 18.3 Å². The smallest absolute Gasteiger partial charge is 0.225 e. The van der Waals surface area contributed by atoms with Crippen LogP contribution in [0.5, 0.6) is 5.75 Å². The molecule has 2 fully saturated rings. The van der Waals surface area contributed by atoms with Crippen molar-refractivity contribution in [2.75, 3.05) is 26.2 Å². The number of ether oxygens (including phenoxy) is 1. The summed E-state index contributed by atoms with van der Waals surface area (Å²) in [4.78, 5) is 14.4. The molecule has 1 amide bonds. The van der Waals surface area contributed by atoms with E-state index in [1.165, 1.54) is 36.1 Å². The second-order valence-electron chi connectivity index (χ2n) is 7.81. The van der Waals surface area contributed by atoms with Crippen LogP contribution in [0.3, 0.4) is 0 Å². The van der Waals surface area contributed by atoms with Crippen LogP contribution < -0.4 is 10.1 Å². The first-order valence-corrected chi connectivity index (χ1v) is 9.74. The minimum Gasteiger partial charge on any atom is -0.493 e. The molecule has 0 unspecified atom stereocenters. The van der Waals surface area contributed by atoms with Crippen LogP contribution >= 0.6 is 12.4 Å². The molecule has 1 aliphatic heterocycles. The highest BCUT2D eigenvalue weighted by Gasteiger charge is 2.25. The number of halogens is 1. The fourth-order valence-electron chi connectivity index (χ4n) is 3.55. The molecule has 1 saturated heterocycles. The highest BCUT2D eigenvalue weighted by Crippen LogP contribution is 2.28. The Balaban J connectivity index is 0.00000243. The SMILES string of the molecule is Cc1cc(C)c(C)c(OCCC(=O)N2CCC(NCC3CC3)CC2)c1.Cl. The van der Waals surface area contributed by atoms with Crippen LogP contribution in [0, 0.1) is 26.7 Å². The number of aryl methyl sites for hydroxylation is 2. The molecule has 5 heteroatoms. The molecule has 1 aliphatic carbocycles. The molecule has 1 saturated carbocycles. The summed E-state index contributed by atoms with van der Waals surface area (Å²) in [6.07, 6.45) is 5.41. The van der Waals surface area contributed by atoms with Crippen LogP contribution in [0.1, 0.15) is 48.8 Å². The third-order valence-corrected chi connectivity index (χ3v) is 5.58. The van der Waals surface area contributed by atoms with Crippen LogP contribution in [0.2, 0.25) is 0 Å². The van der Waals surface area contributed by atoms with E-state index >= 15 is 0 Å². The third kappa shape index (κ3) is 5.88. The lowest BCUT2D eigenvalue weighted by molar-refractivity contribution is -0.132. The van der Waals surface area contributed by atoms with Crippen LogP contribution in [0.25, 0.3) is 0 Å². The average molecular weight is 381 g/mol. The van der Waals surface area contributed by atoms with Gasteiger partial charge in [-0.05, 0) is 81.7 Å². The number of rotatable bonds is 7. The predicted octanol–water partition coefficient (Wildman–Crippen LogP) is 3.79. The Morgan fingerprint density at radius 3 is 2.50 bits per heavy atom. The second kappa shape index (κ2) is 9.61. The molecular formula is C21H33ClN2O2. The van der Waals surface area contributed by atoms with Crippen molar-refractivity contribution in [3.63, 3.8) is 0 Å². The fraction of sp³-hybridized carbons (Fsp3) is 0.667. The first kappa shape index (κ1) is 21.0. The quantitative estimate of drug-likeness (QED) is 0.782. The molecule has 1 N–H and O–H groups in total. The Hall–Kier alpha value is -1.26. The van der Waals surface area contributed by atoms with E-state index in [1.807, 2.05) is 4.90 Å².